The largest absolute Gasteiger partial charge is 0.497 e. The Labute approximate surface area is 115 Å². The minimum absolute atomic E-state index is 0.471. The van der Waals surface area contributed by atoms with E-state index < -0.39 is 30.2 Å². The van der Waals surface area contributed by atoms with Gasteiger partial charge in [-0.2, -0.15) is 0 Å². The highest BCUT2D eigenvalue weighted by atomic mass is 16.5. The number of nitrogens with one attached hydrogen (secondary N) is 2. The molecular weight excluding hydrogens is 264 g/mol. The molecule has 1 rings (SSSR count). The SMILES string of the molecule is COc1ccc(NC(=O)[C@@H](CC(=O)O)NC(C)=O)cc1. The van der Waals surface area contributed by atoms with Crippen LogP contribution >= 0.6 is 0 Å². The number of hydrogen-bond donors (Lipinski definition) is 3. The molecule has 108 valence electrons. The molecule has 1 aromatic rings. The van der Waals surface area contributed by atoms with Crippen molar-refractivity contribution in [2.75, 3.05) is 12.4 Å². The summed E-state index contributed by atoms with van der Waals surface area (Å²) in [6.45, 7) is 1.22. The number of hydrogen-bond acceptors (Lipinski definition) is 4. The fraction of sp³-hybridized carbons (Fsp3) is 0.308. The third-order valence-electron chi connectivity index (χ3n) is 2.43. The molecular formula is C13H16N2O5. The zero-order valence-corrected chi connectivity index (χ0v) is 11.2. The highest BCUT2D eigenvalue weighted by molar-refractivity contribution is 5.98. The van der Waals surface area contributed by atoms with E-state index >= 15 is 0 Å². The summed E-state index contributed by atoms with van der Waals surface area (Å²) in [7, 11) is 1.52. The number of carboxylic acid groups (broad SMARTS) is 1. The van der Waals surface area contributed by atoms with Gasteiger partial charge in [0.2, 0.25) is 11.8 Å². The van der Waals surface area contributed by atoms with Gasteiger partial charge < -0.3 is 20.5 Å². The van der Waals surface area contributed by atoms with Gasteiger partial charge in [0.1, 0.15) is 11.8 Å². The van der Waals surface area contributed by atoms with Gasteiger partial charge in [0, 0.05) is 12.6 Å². The van der Waals surface area contributed by atoms with Gasteiger partial charge >= 0.3 is 5.97 Å². The lowest BCUT2D eigenvalue weighted by Gasteiger charge is -2.15. The Kier molecular flexibility index (Phi) is 5.52. The average molecular weight is 280 g/mol. The van der Waals surface area contributed by atoms with Crippen LogP contribution in [0.3, 0.4) is 0 Å². The number of carboxylic acids is 1. The molecule has 20 heavy (non-hydrogen) atoms. The number of benzene rings is 1. The number of carbonyl (C=O) groups is 3. The molecule has 0 aliphatic heterocycles. The molecule has 7 heteroatoms. The Hall–Kier alpha value is -2.57. The summed E-state index contributed by atoms with van der Waals surface area (Å²) >= 11 is 0. The number of ether oxygens (including phenoxy) is 1. The molecule has 0 aliphatic carbocycles. The van der Waals surface area contributed by atoms with Crippen molar-refractivity contribution >= 4 is 23.5 Å². The number of anilines is 1. The summed E-state index contributed by atoms with van der Waals surface area (Å²) in [5.74, 6) is -1.60. The minimum Gasteiger partial charge on any atom is -0.497 e. The van der Waals surface area contributed by atoms with Gasteiger partial charge in [-0.3, -0.25) is 14.4 Å². The van der Waals surface area contributed by atoms with Crippen LogP contribution in [0.5, 0.6) is 5.75 Å². The molecule has 0 unspecified atom stereocenters. The third-order valence-corrected chi connectivity index (χ3v) is 2.43. The Morgan fingerprint density at radius 2 is 1.85 bits per heavy atom. The zero-order valence-electron chi connectivity index (χ0n) is 11.2. The summed E-state index contributed by atoms with van der Waals surface area (Å²) in [6, 6.07) is 5.41. The highest BCUT2D eigenvalue weighted by Crippen LogP contribution is 2.15. The molecule has 0 saturated heterocycles. The number of carbonyl (C=O) groups excluding carboxylic acids is 2. The zero-order chi connectivity index (χ0) is 15.1. The van der Waals surface area contributed by atoms with E-state index in [1.54, 1.807) is 24.3 Å². The normalized spacial score (nSPS) is 11.3. The summed E-state index contributed by atoms with van der Waals surface area (Å²) < 4.78 is 4.98. The molecule has 1 atom stereocenters. The Bertz CT molecular complexity index is 482. The lowest BCUT2D eigenvalue weighted by Crippen LogP contribution is -2.44. The van der Waals surface area contributed by atoms with Crippen LogP contribution in [0, 0.1) is 0 Å². The fourth-order valence-electron chi connectivity index (χ4n) is 1.53. The van der Waals surface area contributed by atoms with Crippen molar-refractivity contribution < 1.29 is 24.2 Å². The van der Waals surface area contributed by atoms with Crippen molar-refractivity contribution in [1.82, 2.24) is 5.32 Å². The molecule has 0 spiro atoms. The molecule has 0 fully saturated rings. The molecule has 0 bridgehead atoms. The van der Waals surface area contributed by atoms with E-state index in [-0.39, 0.29) is 0 Å². The molecule has 0 aromatic heterocycles. The topological polar surface area (TPSA) is 105 Å². The molecule has 1 aromatic carbocycles. The van der Waals surface area contributed by atoms with E-state index in [0.29, 0.717) is 11.4 Å². The van der Waals surface area contributed by atoms with Crippen LogP contribution < -0.4 is 15.4 Å². The van der Waals surface area contributed by atoms with Crippen LogP contribution in [0.1, 0.15) is 13.3 Å². The molecule has 0 radical (unpaired) electrons. The standard InChI is InChI=1S/C13H16N2O5/c1-8(16)14-11(7-12(17)18)13(19)15-9-3-5-10(20-2)6-4-9/h3-6,11H,7H2,1-2H3,(H,14,16)(H,15,19)(H,17,18)/t11-/m1/s1. The first-order valence-electron chi connectivity index (χ1n) is 5.86. The Balaban J connectivity index is 2.73. The summed E-state index contributed by atoms with van der Waals surface area (Å²) in [5.41, 5.74) is 0.483. The van der Waals surface area contributed by atoms with Gasteiger partial charge in [-0.15, -0.1) is 0 Å². The van der Waals surface area contributed by atoms with Crippen molar-refractivity contribution in [3.63, 3.8) is 0 Å². The smallest absolute Gasteiger partial charge is 0.305 e. The van der Waals surface area contributed by atoms with E-state index in [1.165, 1.54) is 14.0 Å². The summed E-state index contributed by atoms with van der Waals surface area (Å²) in [4.78, 5) is 33.6. The van der Waals surface area contributed by atoms with Crippen molar-refractivity contribution in [2.24, 2.45) is 0 Å². The van der Waals surface area contributed by atoms with Gasteiger partial charge in [0.15, 0.2) is 0 Å². The van der Waals surface area contributed by atoms with Crippen molar-refractivity contribution in [2.45, 2.75) is 19.4 Å². The van der Waals surface area contributed by atoms with Gasteiger partial charge in [0.05, 0.1) is 13.5 Å². The molecule has 7 nitrogen and oxygen atoms in total. The van der Waals surface area contributed by atoms with Gasteiger partial charge in [-0.1, -0.05) is 0 Å². The van der Waals surface area contributed by atoms with Crippen molar-refractivity contribution in [3.8, 4) is 5.75 Å². The summed E-state index contributed by atoms with van der Waals surface area (Å²) in [6.07, 6.45) is -0.485. The first-order chi connectivity index (χ1) is 9.42. The maximum Gasteiger partial charge on any atom is 0.305 e. The third kappa shape index (κ3) is 4.97. The predicted molar refractivity (Wildman–Crippen MR) is 71.5 cm³/mol. The predicted octanol–water partition coefficient (Wildman–Crippen LogP) is 0.613. The van der Waals surface area contributed by atoms with E-state index in [9.17, 15) is 14.4 Å². The second kappa shape index (κ2) is 7.13. The second-order valence-corrected chi connectivity index (χ2v) is 4.07. The van der Waals surface area contributed by atoms with E-state index in [2.05, 4.69) is 10.6 Å². The lowest BCUT2D eigenvalue weighted by molar-refractivity contribution is -0.139. The Morgan fingerprint density at radius 1 is 1.25 bits per heavy atom. The maximum absolute atomic E-state index is 11.9. The number of methoxy groups -OCH3 is 1. The van der Waals surface area contributed by atoms with Crippen molar-refractivity contribution in [3.05, 3.63) is 24.3 Å². The molecule has 2 amide bonds. The molecule has 0 aliphatic rings. The maximum atomic E-state index is 11.9. The van der Waals surface area contributed by atoms with Crippen LogP contribution in [-0.4, -0.2) is 36.0 Å². The monoisotopic (exact) mass is 280 g/mol. The number of rotatable bonds is 6. The van der Waals surface area contributed by atoms with Gasteiger partial charge in [-0.05, 0) is 24.3 Å². The molecule has 3 N–H and O–H groups in total. The van der Waals surface area contributed by atoms with Crippen LogP contribution in [0.2, 0.25) is 0 Å². The van der Waals surface area contributed by atoms with Crippen LogP contribution in [-0.2, 0) is 14.4 Å². The summed E-state index contributed by atoms with van der Waals surface area (Å²) in [5, 5.41) is 13.6. The van der Waals surface area contributed by atoms with Crippen LogP contribution in [0.15, 0.2) is 24.3 Å². The van der Waals surface area contributed by atoms with Crippen LogP contribution in [0.4, 0.5) is 5.69 Å². The van der Waals surface area contributed by atoms with Gasteiger partial charge in [-0.25, -0.2) is 0 Å². The first-order valence-corrected chi connectivity index (χ1v) is 5.86. The quantitative estimate of drug-likeness (QED) is 0.708. The minimum atomic E-state index is -1.17. The average Bonchev–Trinajstić information content (AvgIpc) is 2.37. The lowest BCUT2D eigenvalue weighted by atomic mass is 10.2. The van der Waals surface area contributed by atoms with E-state index in [4.69, 9.17) is 9.84 Å². The number of aliphatic carboxylic acids is 1. The number of amides is 2. The van der Waals surface area contributed by atoms with E-state index in [0.717, 1.165) is 0 Å². The van der Waals surface area contributed by atoms with Crippen molar-refractivity contribution in [1.29, 1.82) is 0 Å². The molecule has 0 saturated carbocycles. The fourth-order valence-corrected chi connectivity index (χ4v) is 1.53. The highest BCUT2D eigenvalue weighted by Gasteiger charge is 2.22. The van der Waals surface area contributed by atoms with Gasteiger partial charge in [0.25, 0.3) is 0 Å². The first kappa shape index (κ1) is 15.5. The second-order valence-electron chi connectivity index (χ2n) is 4.07. The molecule has 0 heterocycles. The Morgan fingerprint density at radius 3 is 2.30 bits per heavy atom. The van der Waals surface area contributed by atoms with E-state index in [1.807, 2.05) is 0 Å². The van der Waals surface area contributed by atoms with Crippen LogP contribution in [0.25, 0.3) is 0 Å².